The van der Waals surface area contributed by atoms with Crippen LogP contribution in [0.4, 0.5) is 0 Å². The minimum Gasteiger partial charge on any atom is -0.355 e. The van der Waals surface area contributed by atoms with E-state index in [1.54, 1.807) is 0 Å². The topological polar surface area (TPSA) is 41.1 Å². The molecule has 1 amide bonds. The van der Waals surface area contributed by atoms with Crippen LogP contribution in [0, 0.1) is 5.92 Å². The van der Waals surface area contributed by atoms with E-state index in [4.69, 9.17) is 0 Å². The van der Waals surface area contributed by atoms with Gasteiger partial charge in [-0.15, -0.1) is 0 Å². The van der Waals surface area contributed by atoms with E-state index in [1.165, 1.54) is 12.8 Å². The van der Waals surface area contributed by atoms with Gasteiger partial charge in [-0.1, -0.05) is 0 Å². The monoisotopic (exact) mass is 168 g/mol. The summed E-state index contributed by atoms with van der Waals surface area (Å²) in [6, 6.07) is 0.611. The van der Waals surface area contributed by atoms with Gasteiger partial charge in [0.2, 0.25) is 5.91 Å². The summed E-state index contributed by atoms with van der Waals surface area (Å²) in [7, 11) is 0. The van der Waals surface area contributed by atoms with Crippen LogP contribution in [-0.4, -0.2) is 24.5 Å². The Bertz CT molecular complexity index is 189. The van der Waals surface area contributed by atoms with Crippen molar-refractivity contribution in [3.8, 4) is 0 Å². The average Bonchev–Trinajstić information content (AvgIpc) is 2.80. The molecule has 1 aliphatic carbocycles. The number of nitrogens with one attached hydrogen (secondary N) is 2. The summed E-state index contributed by atoms with van der Waals surface area (Å²) in [5, 5.41) is 6.21. The highest BCUT2D eigenvalue weighted by atomic mass is 16.2. The molecule has 0 bridgehead atoms. The summed E-state index contributed by atoms with van der Waals surface area (Å²) in [5.41, 5.74) is 0. The Labute approximate surface area is 72.9 Å². The third kappa shape index (κ3) is 1.61. The zero-order valence-corrected chi connectivity index (χ0v) is 7.47. The third-order valence-corrected chi connectivity index (χ3v) is 2.84. The highest BCUT2D eigenvalue weighted by Crippen LogP contribution is 2.32. The van der Waals surface area contributed by atoms with E-state index in [-0.39, 0.29) is 11.9 Å². The normalized spacial score (nSPS) is 31.8. The molecule has 0 spiro atoms. The molecule has 0 aromatic rings. The third-order valence-electron chi connectivity index (χ3n) is 2.84. The van der Waals surface area contributed by atoms with Crippen LogP contribution < -0.4 is 10.6 Å². The maximum atomic E-state index is 11.2. The van der Waals surface area contributed by atoms with E-state index in [0.29, 0.717) is 6.04 Å². The van der Waals surface area contributed by atoms with Gasteiger partial charge in [-0.2, -0.15) is 0 Å². The Morgan fingerprint density at radius 1 is 1.50 bits per heavy atom. The summed E-state index contributed by atoms with van der Waals surface area (Å²) in [6.07, 6.45) is 3.63. The van der Waals surface area contributed by atoms with E-state index in [1.807, 2.05) is 0 Å². The smallest absolute Gasteiger partial charge is 0.237 e. The summed E-state index contributed by atoms with van der Waals surface area (Å²) in [5.74, 6) is 1.01. The molecule has 2 fully saturated rings. The minimum atomic E-state index is 0.0839. The van der Waals surface area contributed by atoms with Gasteiger partial charge >= 0.3 is 0 Å². The first-order chi connectivity index (χ1) is 5.77. The lowest BCUT2D eigenvalue weighted by Gasteiger charge is -2.16. The zero-order chi connectivity index (χ0) is 8.55. The van der Waals surface area contributed by atoms with Crippen molar-refractivity contribution in [2.45, 2.75) is 38.3 Å². The number of carbonyl (C=O) groups excluding carboxylic acids is 1. The van der Waals surface area contributed by atoms with Gasteiger partial charge in [-0.05, 0) is 32.1 Å². The predicted octanol–water partition coefficient (Wildman–Crippen LogP) is 0.263. The molecule has 3 nitrogen and oxygen atoms in total. The fraction of sp³-hybridized carbons (Fsp3) is 0.889. The Morgan fingerprint density at radius 3 is 2.75 bits per heavy atom. The molecule has 1 saturated heterocycles. The molecule has 2 N–H and O–H groups in total. The maximum Gasteiger partial charge on any atom is 0.237 e. The first-order valence-corrected chi connectivity index (χ1v) is 4.81. The van der Waals surface area contributed by atoms with Crippen LogP contribution in [0.3, 0.4) is 0 Å². The molecule has 1 saturated carbocycles. The largest absolute Gasteiger partial charge is 0.355 e. The molecule has 2 aliphatic rings. The van der Waals surface area contributed by atoms with Crippen molar-refractivity contribution in [1.29, 1.82) is 0 Å². The van der Waals surface area contributed by atoms with Crippen LogP contribution in [-0.2, 0) is 4.79 Å². The first kappa shape index (κ1) is 8.05. The van der Waals surface area contributed by atoms with E-state index in [0.717, 1.165) is 18.9 Å². The molecule has 0 aromatic heterocycles. The number of rotatable bonds is 3. The number of hydrogen-bond donors (Lipinski definition) is 2. The maximum absolute atomic E-state index is 11.2. The summed E-state index contributed by atoms with van der Waals surface area (Å²) in [4.78, 5) is 11.2. The quantitative estimate of drug-likeness (QED) is 0.635. The summed E-state index contributed by atoms with van der Waals surface area (Å²) < 4.78 is 0. The highest BCUT2D eigenvalue weighted by molar-refractivity contribution is 5.83. The molecule has 2 rings (SSSR count). The van der Waals surface area contributed by atoms with Crippen molar-refractivity contribution in [2.75, 3.05) is 6.54 Å². The fourth-order valence-corrected chi connectivity index (χ4v) is 1.80. The van der Waals surface area contributed by atoms with Gasteiger partial charge in [0.15, 0.2) is 0 Å². The molecule has 68 valence electrons. The second-order valence-electron chi connectivity index (χ2n) is 3.93. The lowest BCUT2D eigenvalue weighted by atomic mass is 10.1. The first-order valence-electron chi connectivity index (χ1n) is 4.81. The van der Waals surface area contributed by atoms with Crippen LogP contribution in [0.25, 0.3) is 0 Å². The average molecular weight is 168 g/mol. The molecule has 1 aliphatic heterocycles. The minimum absolute atomic E-state index is 0.0839. The van der Waals surface area contributed by atoms with Gasteiger partial charge in [-0.3, -0.25) is 4.79 Å². The van der Waals surface area contributed by atoms with Gasteiger partial charge in [0, 0.05) is 12.6 Å². The van der Waals surface area contributed by atoms with Crippen LogP contribution >= 0.6 is 0 Å². The lowest BCUT2D eigenvalue weighted by molar-refractivity contribution is -0.121. The Hall–Kier alpha value is -0.570. The summed E-state index contributed by atoms with van der Waals surface area (Å²) in [6.45, 7) is 3.02. The molecule has 0 aromatic carbocycles. The van der Waals surface area contributed by atoms with Gasteiger partial charge < -0.3 is 10.6 Å². The zero-order valence-electron chi connectivity index (χ0n) is 7.47. The number of amides is 1. The molecule has 0 radical (unpaired) electrons. The summed E-state index contributed by atoms with van der Waals surface area (Å²) >= 11 is 0. The Balaban J connectivity index is 1.80. The van der Waals surface area contributed by atoms with E-state index >= 15 is 0 Å². The van der Waals surface area contributed by atoms with Gasteiger partial charge in [0.1, 0.15) is 0 Å². The molecule has 2 unspecified atom stereocenters. The number of hydrogen-bond acceptors (Lipinski definition) is 2. The molecular weight excluding hydrogens is 152 g/mol. The van der Waals surface area contributed by atoms with Gasteiger partial charge in [0.05, 0.1) is 6.04 Å². The second-order valence-corrected chi connectivity index (χ2v) is 3.93. The number of carbonyl (C=O) groups is 1. The predicted molar refractivity (Wildman–Crippen MR) is 46.7 cm³/mol. The van der Waals surface area contributed by atoms with Gasteiger partial charge in [-0.25, -0.2) is 0 Å². The van der Waals surface area contributed by atoms with Crippen molar-refractivity contribution >= 4 is 5.91 Å². The second kappa shape index (κ2) is 3.05. The Kier molecular flexibility index (Phi) is 2.05. The fourth-order valence-electron chi connectivity index (χ4n) is 1.80. The van der Waals surface area contributed by atoms with Crippen LogP contribution in [0.5, 0.6) is 0 Å². The van der Waals surface area contributed by atoms with Crippen LogP contribution in [0.1, 0.15) is 26.2 Å². The lowest BCUT2D eigenvalue weighted by Crippen LogP contribution is -2.42. The van der Waals surface area contributed by atoms with Crippen LogP contribution in [0.2, 0.25) is 0 Å². The molecule has 1 heterocycles. The van der Waals surface area contributed by atoms with Crippen molar-refractivity contribution in [2.24, 2.45) is 5.92 Å². The van der Waals surface area contributed by atoms with Crippen molar-refractivity contribution in [3.63, 3.8) is 0 Å². The van der Waals surface area contributed by atoms with E-state index in [9.17, 15) is 4.79 Å². The van der Waals surface area contributed by atoms with E-state index < -0.39 is 0 Å². The van der Waals surface area contributed by atoms with E-state index in [2.05, 4.69) is 17.6 Å². The van der Waals surface area contributed by atoms with Crippen LogP contribution in [0.15, 0.2) is 0 Å². The van der Waals surface area contributed by atoms with Gasteiger partial charge in [0.25, 0.3) is 0 Å². The molecule has 2 atom stereocenters. The van der Waals surface area contributed by atoms with Crippen molar-refractivity contribution in [1.82, 2.24) is 10.6 Å². The SMILES string of the molecule is CC(NC1CCNC1=O)C1CC1. The van der Waals surface area contributed by atoms with Crippen molar-refractivity contribution < 1.29 is 4.79 Å². The molecule has 3 heteroatoms. The standard InChI is InChI=1S/C9H16N2O/c1-6(7-2-3-7)11-8-4-5-10-9(8)12/h6-8,11H,2-5H2,1H3,(H,10,12). The highest BCUT2D eigenvalue weighted by Gasteiger charge is 2.32. The Morgan fingerprint density at radius 2 is 2.25 bits per heavy atom. The van der Waals surface area contributed by atoms with Crippen molar-refractivity contribution in [3.05, 3.63) is 0 Å². The molecular formula is C9H16N2O. The molecule has 12 heavy (non-hydrogen) atoms.